The van der Waals surface area contributed by atoms with Gasteiger partial charge in [-0.15, -0.1) is 0 Å². The summed E-state index contributed by atoms with van der Waals surface area (Å²) in [5.41, 5.74) is 0. The first-order chi connectivity index (χ1) is 5.85. The van der Waals surface area contributed by atoms with Crippen molar-refractivity contribution in [3.05, 3.63) is 0 Å². The molecule has 0 bridgehead atoms. The standard InChI is InChI=1S/C8H18O4/c1-2-4-11-7-8(6-10)12-5-3-9/h8-10H,2-7H2,1H3. The van der Waals surface area contributed by atoms with Gasteiger partial charge in [-0.1, -0.05) is 6.92 Å². The molecule has 0 aromatic carbocycles. The van der Waals surface area contributed by atoms with Crippen molar-refractivity contribution in [2.75, 3.05) is 33.0 Å². The van der Waals surface area contributed by atoms with E-state index in [4.69, 9.17) is 19.7 Å². The maximum absolute atomic E-state index is 8.77. The van der Waals surface area contributed by atoms with Crippen molar-refractivity contribution in [1.29, 1.82) is 0 Å². The number of hydrogen-bond acceptors (Lipinski definition) is 4. The number of hydrogen-bond donors (Lipinski definition) is 2. The van der Waals surface area contributed by atoms with Gasteiger partial charge in [-0.3, -0.25) is 0 Å². The molecule has 1 unspecified atom stereocenters. The zero-order valence-corrected chi connectivity index (χ0v) is 7.53. The topological polar surface area (TPSA) is 58.9 Å². The monoisotopic (exact) mass is 178 g/mol. The van der Waals surface area contributed by atoms with Crippen molar-refractivity contribution in [2.24, 2.45) is 0 Å². The fourth-order valence-corrected chi connectivity index (χ4v) is 0.732. The van der Waals surface area contributed by atoms with E-state index < -0.39 is 0 Å². The van der Waals surface area contributed by atoms with Gasteiger partial charge in [-0.2, -0.15) is 0 Å². The highest BCUT2D eigenvalue weighted by Crippen LogP contribution is 1.92. The Labute approximate surface area is 73.1 Å². The second-order valence-corrected chi connectivity index (χ2v) is 2.47. The maximum Gasteiger partial charge on any atom is 0.104 e. The van der Waals surface area contributed by atoms with Gasteiger partial charge in [0.15, 0.2) is 0 Å². The quantitative estimate of drug-likeness (QED) is 0.505. The Hall–Kier alpha value is -0.160. The number of aliphatic hydroxyl groups excluding tert-OH is 2. The lowest BCUT2D eigenvalue weighted by molar-refractivity contribution is -0.0509. The van der Waals surface area contributed by atoms with Crippen LogP contribution in [0.25, 0.3) is 0 Å². The summed E-state index contributed by atoms with van der Waals surface area (Å²) in [4.78, 5) is 0. The molecule has 0 fully saturated rings. The lowest BCUT2D eigenvalue weighted by atomic mass is 10.4. The Balaban J connectivity index is 3.26. The van der Waals surface area contributed by atoms with Crippen LogP contribution in [0.1, 0.15) is 13.3 Å². The van der Waals surface area contributed by atoms with Crippen LogP contribution in [0.5, 0.6) is 0 Å². The van der Waals surface area contributed by atoms with Crippen LogP contribution in [0.4, 0.5) is 0 Å². The van der Waals surface area contributed by atoms with E-state index in [0.29, 0.717) is 13.2 Å². The van der Waals surface area contributed by atoms with Crippen molar-refractivity contribution in [1.82, 2.24) is 0 Å². The van der Waals surface area contributed by atoms with Gasteiger partial charge >= 0.3 is 0 Å². The lowest BCUT2D eigenvalue weighted by Crippen LogP contribution is -2.25. The first-order valence-corrected chi connectivity index (χ1v) is 4.26. The Morgan fingerprint density at radius 1 is 1.25 bits per heavy atom. The average molecular weight is 178 g/mol. The first kappa shape index (κ1) is 11.8. The van der Waals surface area contributed by atoms with Gasteiger partial charge in [0.05, 0.1) is 26.4 Å². The molecule has 74 valence electrons. The van der Waals surface area contributed by atoms with E-state index in [9.17, 15) is 0 Å². The second-order valence-electron chi connectivity index (χ2n) is 2.47. The molecule has 0 aliphatic rings. The summed E-state index contributed by atoms with van der Waals surface area (Å²) in [5, 5.41) is 17.2. The molecular weight excluding hydrogens is 160 g/mol. The molecule has 0 aliphatic heterocycles. The number of aliphatic hydroxyl groups is 2. The molecule has 0 heterocycles. The van der Waals surface area contributed by atoms with Crippen LogP contribution in [0, 0.1) is 0 Å². The van der Waals surface area contributed by atoms with E-state index in [-0.39, 0.29) is 25.9 Å². The molecule has 0 radical (unpaired) electrons. The minimum absolute atomic E-state index is 0.0235. The fraction of sp³-hybridized carbons (Fsp3) is 1.00. The van der Waals surface area contributed by atoms with E-state index in [1.165, 1.54) is 0 Å². The molecule has 4 nitrogen and oxygen atoms in total. The van der Waals surface area contributed by atoms with Crippen molar-refractivity contribution in [3.63, 3.8) is 0 Å². The molecular formula is C8H18O4. The minimum atomic E-state index is -0.302. The van der Waals surface area contributed by atoms with Crippen LogP contribution in [-0.4, -0.2) is 49.4 Å². The second kappa shape index (κ2) is 8.93. The van der Waals surface area contributed by atoms with E-state index in [1.54, 1.807) is 0 Å². The van der Waals surface area contributed by atoms with E-state index in [2.05, 4.69) is 0 Å². The van der Waals surface area contributed by atoms with Crippen molar-refractivity contribution in [2.45, 2.75) is 19.4 Å². The molecule has 2 N–H and O–H groups in total. The predicted octanol–water partition coefficient (Wildman–Crippen LogP) is -0.217. The highest BCUT2D eigenvalue weighted by atomic mass is 16.5. The Morgan fingerprint density at radius 2 is 2.00 bits per heavy atom. The van der Waals surface area contributed by atoms with Crippen LogP contribution in [0.3, 0.4) is 0 Å². The van der Waals surface area contributed by atoms with Crippen LogP contribution >= 0.6 is 0 Å². The van der Waals surface area contributed by atoms with Gasteiger partial charge in [-0.25, -0.2) is 0 Å². The van der Waals surface area contributed by atoms with E-state index in [1.807, 2.05) is 6.92 Å². The summed E-state index contributed by atoms with van der Waals surface area (Å²) in [7, 11) is 0. The highest BCUT2D eigenvalue weighted by Gasteiger charge is 2.06. The molecule has 0 rings (SSSR count). The third-order valence-electron chi connectivity index (χ3n) is 1.30. The summed E-state index contributed by atoms with van der Waals surface area (Å²) >= 11 is 0. The molecule has 12 heavy (non-hydrogen) atoms. The molecule has 0 aliphatic carbocycles. The molecule has 0 saturated carbocycles. The molecule has 0 amide bonds. The zero-order chi connectivity index (χ0) is 9.23. The lowest BCUT2D eigenvalue weighted by Gasteiger charge is -2.14. The SMILES string of the molecule is CCCOCC(CO)OCCO. The molecule has 4 heteroatoms. The molecule has 0 aromatic heterocycles. The van der Waals surface area contributed by atoms with Crippen LogP contribution in [0.2, 0.25) is 0 Å². The molecule has 0 saturated heterocycles. The van der Waals surface area contributed by atoms with Crippen molar-refractivity contribution < 1.29 is 19.7 Å². The summed E-state index contributed by atoms with van der Waals surface area (Å²) in [6, 6.07) is 0. The van der Waals surface area contributed by atoms with Gasteiger partial charge in [0.2, 0.25) is 0 Å². The largest absolute Gasteiger partial charge is 0.394 e. The molecule has 0 spiro atoms. The summed E-state index contributed by atoms with van der Waals surface area (Å²) in [6.45, 7) is 3.25. The Kier molecular flexibility index (Phi) is 8.81. The summed E-state index contributed by atoms with van der Waals surface area (Å²) < 4.78 is 10.2. The van der Waals surface area contributed by atoms with E-state index >= 15 is 0 Å². The Morgan fingerprint density at radius 3 is 2.50 bits per heavy atom. The first-order valence-electron chi connectivity index (χ1n) is 4.26. The van der Waals surface area contributed by atoms with E-state index in [0.717, 1.165) is 6.42 Å². The van der Waals surface area contributed by atoms with Crippen LogP contribution < -0.4 is 0 Å². The summed E-state index contributed by atoms with van der Waals surface area (Å²) in [6.07, 6.45) is 0.654. The molecule has 1 atom stereocenters. The average Bonchev–Trinajstić information content (AvgIpc) is 2.11. The van der Waals surface area contributed by atoms with Gasteiger partial charge in [0.25, 0.3) is 0 Å². The number of rotatable bonds is 8. The van der Waals surface area contributed by atoms with Gasteiger partial charge in [0, 0.05) is 6.61 Å². The van der Waals surface area contributed by atoms with Gasteiger partial charge < -0.3 is 19.7 Å². The third-order valence-corrected chi connectivity index (χ3v) is 1.30. The smallest absolute Gasteiger partial charge is 0.104 e. The van der Waals surface area contributed by atoms with Crippen molar-refractivity contribution >= 4 is 0 Å². The molecule has 0 aromatic rings. The maximum atomic E-state index is 8.77. The number of ether oxygens (including phenoxy) is 2. The summed E-state index contributed by atoms with van der Waals surface area (Å²) in [5.74, 6) is 0. The van der Waals surface area contributed by atoms with Crippen LogP contribution in [-0.2, 0) is 9.47 Å². The van der Waals surface area contributed by atoms with Crippen molar-refractivity contribution in [3.8, 4) is 0 Å². The predicted molar refractivity (Wildman–Crippen MR) is 45.0 cm³/mol. The Bertz CT molecular complexity index is 87.1. The van der Waals surface area contributed by atoms with Gasteiger partial charge in [0.1, 0.15) is 6.10 Å². The zero-order valence-electron chi connectivity index (χ0n) is 7.53. The normalized spacial score (nSPS) is 13.2. The third kappa shape index (κ3) is 6.54. The highest BCUT2D eigenvalue weighted by molar-refractivity contribution is 4.53. The van der Waals surface area contributed by atoms with Gasteiger partial charge in [-0.05, 0) is 6.42 Å². The fourth-order valence-electron chi connectivity index (χ4n) is 0.732. The minimum Gasteiger partial charge on any atom is -0.394 e. The van der Waals surface area contributed by atoms with Crippen LogP contribution in [0.15, 0.2) is 0 Å².